The van der Waals surface area contributed by atoms with E-state index in [4.69, 9.17) is 5.14 Å². The van der Waals surface area contributed by atoms with Crippen LogP contribution in [0.5, 0.6) is 0 Å². The molecule has 4 nitrogen and oxygen atoms in total. The van der Waals surface area contributed by atoms with Gasteiger partial charge in [0, 0.05) is 10.3 Å². The summed E-state index contributed by atoms with van der Waals surface area (Å²) in [6.45, 7) is 14.4. The Morgan fingerprint density at radius 2 is 1.67 bits per heavy atom. The highest BCUT2D eigenvalue weighted by Gasteiger charge is 2.34. The third-order valence-corrected chi connectivity index (χ3v) is 9.41. The fourth-order valence-electron chi connectivity index (χ4n) is 4.13. The Hall–Kier alpha value is -1.21. The molecular weight excluding hydrogens is 414 g/mol. The van der Waals surface area contributed by atoms with Gasteiger partial charge in [0.2, 0.25) is 10.0 Å². The summed E-state index contributed by atoms with van der Waals surface area (Å²) in [5.74, 6) is 0. The number of nitrogens with two attached hydrogens (primary N) is 1. The van der Waals surface area contributed by atoms with Gasteiger partial charge < -0.3 is 5.11 Å². The molecule has 0 saturated carbocycles. The smallest absolute Gasteiger partial charge is 0.247 e. The van der Waals surface area contributed by atoms with Crippen LogP contribution in [-0.4, -0.2) is 19.6 Å². The molecule has 1 unspecified atom stereocenters. The molecule has 0 bridgehead atoms. The topological polar surface area (TPSA) is 80.4 Å². The van der Waals surface area contributed by atoms with Gasteiger partial charge in [-0.2, -0.15) is 0 Å². The predicted octanol–water partition coefficient (Wildman–Crippen LogP) is 5.46. The maximum atomic E-state index is 12.0. The fraction of sp³-hybridized carbons (Fsp3) is 0.583. The van der Waals surface area contributed by atoms with E-state index in [0.717, 1.165) is 30.6 Å². The summed E-state index contributed by atoms with van der Waals surface area (Å²) < 4.78 is 24.2. The number of thiophene rings is 1. The highest BCUT2D eigenvalue weighted by Crippen LogP contribution is 2.44. The van der Waals surface area contributed by atoms with Gasteiger partial charge in [0.15, 0.2) is 0 Å². The van der Waals surface area contributed by atoms with Gasteiger partial charge in [-0.15, -0.1) is 11.3 Å². The lowest BCUT2D eigenvalue weighted by molar-refractivity contribution is 0.0560. The number of rotatable bonds is 8. The summed E-state index contributed by atoms with van der Waals surface area (Å²) >= 11 is 1.30. The standard InChI is InChI=1S/C24H37NO3S2/c1-8-24(9-2,21-15-17(4)22(29-21)30(25,27)28)19-12-10-18(16(3)14-19)11-13-20(26)23(5,6)7/h10,12,14-15,20,26H,8-9,11,13H2,1-7H3,(H2,25,27,28). The molecule has 0 spiro atoms. The molecule has 1 atom stereocenters. The summed E-state index contributed by atoms with van der Waals surface area (Å²) in [7, 11) is -3.72. The zero-order valence-corrected chi connectivity index (χ0v) is 21.0. The summed E-state index contributed by atoms with van der Waals surface area (Å²) in [6, 6.07) is 8.56. The predicted molar refractivity (Wildman–Crippen MR) is 127 cm³/mol. The lowest BCUT2D eigenvalue weighted by Gasteiger charge is -2.32. The molecule has 1 aromatic heterocycles. The first-order chi connectivity index (χ1) is 13.8. The molecule has 6 heteroatoms. The minimum atomic E-state index is -3.72. The van der Waals surface area contributed by atoms with Gasteiger partial charge in [-0.25, -0.2) is 13.6 Å². The number of primary sulfonamides is 1. The second-order valence-electron chi connectivity index (χ2n) is 9.48. The van der Waals surface area contributed by atoms with Gasteiger partial charge >= 0.3 is 0 Å². The zero-order chi connectivity index (χ0) is 22.9. The molecule has 3 N–H and O–H groups in total. The first-order valence-corrected chi connectivity index (χ1v) is 13.0. The van der Waals surface area contributed by atoms with Gasteiger partial charge in [-0.3, -0.25) is 0 Å². The van der Waals surface area contributed by atoms with Crippen LogP contribution in [0, 0.1) is 19.3 Å². The van der Waals surface area contributed by atoms with Crippen LogP contribution in [0.25, 0.3) is 0 Å². The van der Waals surface area contributed by atoms with Crippen LogP contribution in [0.1, 0.15) is 81.0 Å². The third-order valence-electron chi connectivity index (χ3n) is 6.39. The molecule has 2 aromatic rings. The van der Waals surface area contributed by atoms with Crippen molar-refractivity contribution in [1.29, 1.82) is 0 Å². The first kappa shape index (κ1) is 25.1. The molecule has 0 fully saturated rings. The van der Waals surface area contributed by atoms with Crippen molar-refractivity contribution in [3.05, 3.63) is 51.4 Å². The number of aliphatic hydroxyl groups is 1. The van der Waals surface area contributed by atoms with Crippen LogP contribution >= 0.6 is 11.3 Å². The Labute approximate surface area is 186 Å². The Morgan fingerprint density at radius 1 is 1.07 bits per heavy atom. The summed E-state index contributed by atoms with van der Waals surface area (Å²) in [5, 5.41) is 15.8. The van der Waals surface area contributed by atoms with E-state index in [1.165, 1.54) is 28.0 Å². The highest BCUT2D eigenvalue weighted by atomic mass is 32.2. The van der Waals surface area contributed by atoms with E-state index in [-0.39, 0.29) is 21.1 Å². The lowest BCUT2D eigenvalue weighted by atomic mass is 9.73. The first-order valence-electron chi connectivity index (χ1n) is 10.7. The Balaban J connectivity index is 2.43. The van der Waals surface area contributed by atoms with E-state index >= 15 is 0 Å². The average molecular weight is 452 g/mol. The molecule has 168 valence electrons. The Morgan fingerprint density at radius 3 is 2.10 bits per heavy atom. The number of benzene rings is 1. The van der Waals surface area contributed by atoms with E-state index < -0.39 is 10.0 Å². The molecular formula is C24H37NO3S2. The summed E-state index contributed by atoms with van der Waals surface area (Å²) in [4.78, 5) is 1.05. The Kier molecular flexibility index (Phi) is 7.61. The number of aliphatic hydroxyl groups excluding tert-OH is 1. The van der Waals surface area contributed by atoms with Gasteiger partial charge in [-0.1, -0.05) is 52.8 Å². The molecule has 2 rings (SSSR count). The van der Waals surface area contributed by atoms with Gasteiger partial charge in [0.25, 0.3) is 0 Å². The number of hydrogen-bond acceptors (Lipinski definition) is 4. The lowest BCUT2D eigenvalue weighted by Crippen LogP contribution is -2.26. The SMILES string of the molecule is CCC(CC)(c1ccc(CCC(O)C(C)(C)C)c(C)c1)c1cc(C)c(S(N)(=O)=O)s1. The normalized spacial score (nSPS) is 14.2. The minimum Gasteiger partial charge on any atom is -0.393 e. The van der Waals surface area contributed by atoms with E-state index in [0.29, 0.717) is 5.56 Å². The third kappa shape index (κ3) is 5.16. The van der Waals surface area contributed by atoms with Gasteiger partial charge in [-0.05, 0) is 73.3 Å². The molecule has 0 aliphatic rings. The fourth-order valence-corrected chi connectivity index (χ4v) is 6.63. The molecule has 0 aliphatic carbocycles. The van der Waals surface area contributed by atoms with Crippen molar-refractivity contribution in [3.63, 3.8) is 0 Å². The largest absolute Gasteiger partial charge is 0.393 e. The summed E-state index contributed by atoms with van der Waals surface area (Å²) in [6.07, 6.45) is 2.97. The van der Waals surface area contributed by atoms with E-state index in [1.54, 1.807) is 0 Å². The molecule has 0 aliphatic heterocycles. The van der Waals surface area contributed by atoms with E-state index in [1.807, 2.05) is 13.0 Å². The van der Waals surface area contributed by atoms with Crippen molar-refractivity contribution in [3.8, 4) is 0 Å². The molecule has 30 heavy (non-hydrogen) atoms. The van der Waals surface area contributed by atoms with Crippen molar-refractivity contribution < 1.29 is 13.5 Å². The maximum absolute atomic E-state index is 12.0. The second kappa shape index (κ2) is 9.11. The van der Waals surface area contributed by atoms with Crippen molar-refractivity contribution in [1.82, 2.24) is 0 Å². The van der Waals surface area contributed by atoms with E-state index in [2.05, 4.69) is 59.7 Å². The van der Waals surface area contributed by atoms with Crippen LogP contribution in [0.3, 0.4) is 0 Å². The highest BCUT2D eigenvalue weighted by molar-refractivity contribution is 7.91. The van der Waals surface area contributed by atoms with Crippen molar-refractivity contribution >= 4 is 21.4 Å². The minimum absolute atomic E-state index is 0.120. The number of sulfonamides is 1. The van der Waals surface area contributed by atoms with Crippen LogP contribution in [-0.2, 0) is 21.9 Å². The van der Waals surface area contributed by atoms with Crippen LogP contribution in [0.4, 0.5) is 0 Å². The van der Waals surface area contributed by atoms with Crippen molar-refractivity contribution in [2.75, 3.05) is 0 Å². The average Bonchev–Trinajstić information content (AvgIpc) is 3.04. The molecule has 1 aromatic carbocycles. The summed E-state index contributed by atoms with van der Waals surface area (Å²) in [5.41, 5.74) is 4.01. The van der Waals surface area contributed by atoms with E-state index in [9.17, 15) is 13.5 Å². The molecule has 0 saturated heterocycles. The van der Waals surface area contributed by atoms with Crippen LogP contribution < -0.4 is 5.14 Å². The van der Waals surface area contributed by atoms with Gasteiger partial charge in [0.05, 0.1) is 6.10 Å². The van der Waals surface area contributed by atoms with Crippen molar-refractivity contribution in [2.45, 2.75) is 89.9 Å². The Bertz CT molecular complexity index is 980. The maximum Gasteiger partial charge on any atom is 0.247 e. The molecule has 1 heterocycles. The van der Waals surface area contributed by atoms with Gasteiger partial charge in [0.1, 0.15) is 4.21 Å². The second-order valence-corrected chi connectivity index (χ2v) is 12.3. The monoisotopic (exact) mass is 451 g/mol. The zero-order valence-electron chi connectivity index (χ0n) is 19.4. The molecule has 0 amide bonds. The number of hydrogen-bond donors (Lipinski definition) is 2. The van der Waals surface area contributed by atoms with Crippen molar-refractivity contribution in [2.24, 2.45) is 10.6 Å². The number of aryl methyl sites for hydroxylation is 3. The van der Waals surface area contributed by atoms with Crippen LogP contribution in [0.15, 0.2) is 28.5 Å². The molecule has 0 radical (unpaired) electrons. The van der Waals surface area contributed by atoms with Crippen LogP contribution in [0.2, 0.25) is 0 Å². The quantitative estimate of drug-likeness (QED) is 0.559.